The predicted octanol–water partition coefficient (Wildman–Crippen LogP) is 5.06. The molecule has 12 heteroatoms. The van der Waals surface area contributed by atoms with Gasteiger partial charge in [-0.2, -0.15) is 0 Å². The minimum absolute atomic E-state index is 0.0815. The molecule has 5 fully saturated rings. The van der Waals surface area contributed by atoms with E-state index in [0.29, 0.717) is 24.7 Å². The fourth-order valence-electron chi connectivity index (χ4n) is 8.49. The van der Waals surface area contributed by atoms with Gasteiger partial charge in [0, 0.05) is 30.8 Å². The standard InChI is InChI=1S/C37H56N2O10/c1-9-26-21(5)20(4)22(6)34(44-26)49-35-28-32(48-37(42)39(28)8)31-27(45-35)16-19(3)33(47-31)46-30-18(2)15-25(23(7)29(30)40)38-36(41)43-17-24-13-11-10-12-14-24/h10-14,18-23,25-35,40H,9,15-17H2,1-8H3,(H,38,41)/t18?,19?,20-,21-,22?,23?,25+,26?,27-,28?,29+,30+,31?,32?,33-,34+,35?/m0/s1. The van der Waals surface area contributed by atoms with E-state index in [4.69, 9.17) is 33.2 Å². The fourth-order valence-corrected chi connectivity index (χ4v) is 8.49. The molecule has 2 N–H and O–H groups in total. The van der Waals surface area contributed by atoms with E-state index in [1.807, 2.05) is 51.1 Å². The van der Waals surface area contributed by atoms with Crippen LogP contribution in [0.15, 0.2) is 30.3 Å². The maximum Gasteiger partial charge on any atom is 0.410 e. The highest BCUT2D eigenvalue weighted by molar-refractivity contribution is 5.70. The second-order valence-electron chi connectivity index (χ2n) is 15.3. The quantitative estimate of drug-likeness (QED) is 0.382. The van der Waals surface area contributed by atoms with Crippen LogP contribution in [0, 0.1) is 35.5 Å². The van der Waals surface area contributed by atoms with Crippen molar-refractivity contribution >= 4 is 12.2 Å². The Bertz CT molecular complexity index is 1280. The van der Waals surface area contributed by atoms with Crippen molar-refractivity contribution in [3.8, 4) is 0 Å². The minimum Gasteiger partial charge on any atom is -0.445 e. The van der Waals surface area contributed by atoms with Crippen LogP contribution in [0.4, 0.5) is 9.59 Å². The van der Waals surface area contributed by atoms with Crippen molar-refractivity contribution in [1.82, 2.24) is 10.2 Å². The third-order valence-electron chi connectivity index (χ3n) is 12.1. The number of carbonyl (C=O) groups excluding carboxylic acids is 2. The zero-order valence-electron chi connectivity index (χ0n) is 30.1. The Kier molecular flexibility index (Phi) is 11.1. The molecule has 1 saturated carbocycles. The number of aliphatic hydroxyl groups is 1. The van der Waals surface area contributed by atoms with Gasteiger partial charge in [-0.15, -0.1) is 0 Å². The summed E-state index contributed by atoms with van der Waals surface area (Å²) in [4.78, 5) is 27.1. The van der Waals surface area contributed by atoms with E-state index in [0.717, 1.165) is 12.0 Å². The molecule has 49 heavy (non-hydrogen) atoms. The smallest absolute Gasteiger partial charge is 0.410 e. The van der Waals surface area contributed by atoms with Crippen molar-refractivity contribution in [2.75, 3.05) is 7.05 Å². The third kappa shape index (κ3) is 7.32. The van der Waals surface area contributed by atoms with E-state index < -0.39 is 61.5 Å². The largest absolute Gasteiger partial charge is 0.445 e. The molecule has 0 radical (unpaired) electrons. The molecule has 0 bridgehead atoms. The number of aliphatic hydroxyl groups excluding tert-OH is 1. The molecule has 1 aromatic carbocycles. The summed E-state index contributed by atoms with van der Waals surface area (Å²) in [7, 11) is 1.69. The summed E-state index contributed by atoms with van der Waals surface area (Å²) in [6.45, 7) is 14.9. The van der Waals surface area contributed by atoms with Gasteiger partial charge in [-0.3, -0.25) is 4.90 Å². The monoisotopic (exact) mass is 688 g/mol. The molecule has 1 aliphatic carbocycles. The van der Waals surface area contributed by atoms with Crippen LogP contribution in [0.1, 0.15) is 73.3 Å². The maximum atomic E-state index is 12.9. The Morgan fingerprint density at radius 1 is 0.878 bits per heavy atom. The van der Waals surface area contributed by atoms with E-state index in [-0.39, 0.29) is 48.5 Å². The summed E-state index contributed by atoms with van der Waals surface area (Å²) < 4.78 is 44.2. The molecule has 9 unspecified atom stereocenters. The number of fused-ring (bicyclic) bond motifs is 3. The molecule has 17 atom stereocenters. The van der Waals surface area contributed by atoms with Gasteiger partial charge in [0.15, 0.2) is 25.0 Å². The van der Waals surface area contributed by atoms with E-state index in [2.05, 4.69) is 33.0 Å². The number of nitrogens with zero attached hydrogens (tertiary/aromatic N) is 1. The van der Waals surface area contributed by atoms with E-state index in [1.54, 1.807) is 7.05 Å². The Morgan fingerprint density at radius 3 is 2.33 bits per heavy atom. The predicted molar refractivity (Wildman–Crippen MR) is 178 cm³/mol. The van der Waals surface area contributed by atoms with Crippen LogP contribution in [0.25, 0.3) is 0 Å². The first-order valence-electron chi connectivity index (χ1n) is 18.2. The van der Waals surface area contributed by atoms with Crippen molar-refractivity contribution in [2.24, 2.45) is 35.5 Å². The van der Waals surface area contributed by atoms with Crippen molar-refractivity contribution in [3.05, 3.63) is 35.9 Å². The molecule has 0 spiro atoms. The highest BCUT2D eigenvalue weighted by atomic mass is 16.8. The van der Waals surface area contributed by atoms with Gasteiger partial charge in [0.2, 0.25) is 0 Å². The molecule has 2 amide bonds. The molecule has 5 aliphatic rings. The second-order valence-corrected chi connectivity index (χ2v) is 15.3. The van der Waals surface area contributed by atoms with Gasteiger partial charge < -0.3 is 43.6 Å². The number of ether oxygens (including phenoxy) is 7. The number of likely N-dealkylation sites (N-methyl/N-ethyl adjacent to an activating group) is 1. The van der Waals surface area contributed by atoms with Crippen LogP contribution < -0.4 is 5.32 Å². The fraction of sp³-hybridized carbons (Fsp3) is 0.784. The lowest BCUT2D eigenvalue weighted by Crippen LogP contribution is -2.65. The average Bonchev–Trinajstić information content (AvgIpc) is 3.39. The summed E-state index contributed by atoms with van der Waals surface area (Å²) in [5, 5.41) is 14.4. The zero-order valence-corrected chi connectivity index (χ0v) is 30.1. The van der Waals surface area contributed by atoms with Gasteiger partial charge in [-0.05, 0) is 42.6 Å². The molecule has 4 aliphatic heterocycles. The van der Waals surface area contributed by atoms with Crippen molar-refractivity contribution in [3.63, 3.8) is 0 Å². The van der Waals surface area contributed by atoms with Gasteiger partial charge in [0.1, 0.15) is 18.8 Å². The van der Waals surface area contributed by atoms with Gasteiger partial charge >= 0.3 is 12.2 Å². The van der Waals surface area contributed by atoms with Crippen molar-refractivity contribution in [2.45, 2.75) is 142 Å². The van der Waals surface area contributed by atoms with Gasteiger partial charge in [0.05, 0.1) is 24.4 Å². The normalized spacial score (nSPS) is 45.2. The Labute approximate surface area is 290 Å². The number of hydrogen-bond acceptors (Lipinski definition) is 10. The summed E-state index contributed by atoms with van der Waals surface area (Å²) in [6, 6.07) is 8.70. The molecule has 4 saturated heterocycles. The van der Waals surface area contributed by atoms with Gasteiger partial charge in [-0.25, -0.2) is 9.59 Å². The first-order chi connectivity index (χ1) is 23.4. The Morgan fingerprint density at radius 2 is 1.61 bits per heavy atom. The lowest BCUT2D eigenvalue weighted by molar-refractivity contribution is -0.370. The van der Waals surface area contributed by atoms with Crippen LogP contribution >= 0.6 is 0 Å². The van der Waals surface area contributed by atoms with Crippen LogP contribution in [-0.2, 0) is 39.8 Å². The minimum atomic E-state index is -0.852. The zero-order chi connectivity index (χ0) is 35.1. The lowest BCUT2D eigenvalue weighted by Gasteiger charge is -2.51. The van der Waals surface area contributed by atoms with Crippen LogP contribution in [0.3, 0.4) is 0 Å². The molecule has 4 heterocycles. The van der Waals surface area contributed by atoms with Crippen molar-refractivity contribution in [1.29, 1.82) is 0 Å². The molecule has 0 aromatic heterocycles. The topological polar surface area (TPSA) is 134 Å². The number of hydrogen-bond donors (Lipinski definition) is 2. The van der Waals surface area contributed by atoms with E-state index >= 15 is 0 Å². The first kappa shape index (κ1) is 36.3. The number of nitrogens with one attached hydrogen (secondary N) is 1. The number of carbonyl (C=O) groups is 2. The highest BCUT2D eigenvalue weighted by Crippen LogP contribution is 2.44. The molecule has 6 rings (SSSR count). The molecular formula is C37H56N2O10. The number of amides is 2. The lowest BCUT2D eigenvalue weighted by atomic mass is 9.75. The van der Waals surface area contributed by atoms with Crippen LogP contribution in [-0.4, -0.2) is 96.8 Å². The third-order valence-corrected chi connectivity index (χ3v) is 12.1. The van der Waals surface area contributed by atoms with E-state index in [1.165, 1.54) is 4.90 Å². The summed E-state index contributed by atoms with van der Waals surface area (Å²) >= 11 is 0. The summed E-state index contributed by atoms with van der Waals surface area (Å²) in [5.74, 6) is 0.486. The molecular weight excluding hydrogens is 632 g/mol. The molecule has 12 nitrogen and oxygen atoms in total. The SMILES string of the molecule is CCC1O[C@H](OC2O[C@H]3CC(C)[C@@H](O[C@@H]4C(C)C[C@@H](NC(=O)OCc5ccccc5)C(C)[C@H]4O)OC3C3OC(=O)N(C)C23)C(C)[C@@H](C)[C@@H]1C. The molecule has 1 aromatic rings. The Balaban J connectivity index is 1.08. The van der Waals surface area contributed by atoms with Crippen LogP contribution in [0.5, 0.6) is 0 Å². The highest BCUT2D eigenvalue weighted by Gasteiger charge is 2.60. The maximum absolute atomic E-state index is 12.9. The van der Waals surface area contributed by atoms with Gasteiger partial charge in [-0.1, -0.05) is 78.8 Å². The number of alkyl carbamates (subject to hydrolysis) is 1. The first-order valence-corrected chi connectivity index (χ1v) is 18.2. The van der Waals surface area contributed by atoms with E-state index in [9.17, 15) is 14.7 Å². The van der Waals surface area contributed by atoms with Crippen molar-refractivity contribution < 1.29 is 47.9 Å². The average molecular weight is 689 g/mol. The molecule has 274 valence electrons. The summed E-state index contributed by atoms with van der Waals surface area (Å²) in [5.41, 5.74) is 0.902. The Hall–Kier alpha value is -2.48. The number of rotatable bonds is 8. The van der Waals surface area contributed by atoms with Crippen LogP contribution in [0.2, 0.25) is 0 Å². The number of benzene rings is 1. The second kappa shape index (κ2) is 15.0. The summed E-state index contributed by atoms with van der Waals surface area (Å²) in [6.07, 6.45) is -3.64. The van der Waals surface area contributed by atoms with Gasteiger partial charge in [0.25, 0.3) is 0 Å².